The van der Waals surface area contributed by atoms with Crippen LogP contribution in [0.2, 0.25) is 5.02 Å². The van der Waals surface area contributed by atoms with E-state index in [1.54, 1.807) is 11.8 Å². The van der Waals surface area contributed by atoms with E-state index in [0.717, 1.165) is 26.9 Å². The summed E-state index contributed by atoms with van der Waals surface area (Å²) in [4.78, 5) is 1.15. The molecule has 2 aromatic rings. The van der Waals surface area contributed by atoms with Crippen molar-refractivity contribution in [2.75, 3.05) is 16.9 Å². The van der Waals surface area contributed by atoms with Gasteiger partial charge in [-0.15, -0.1) is 11.8 Å². The molecule has 0 bridgehead atoms. The number of hydrogen-bond donors (Lipinski definition) is 2. The van der Waals surface area contributed by atoms with E-state index in [1.807, 2.05) is 49.6 Å². The molecule has 0 amide bonds. The third-order valence-corrected chi connectivity index (χ3v) is 4.28. The van der Waals surface area contributed by atoms with Crippen molar-refractivity contribution in [1.29, 1.82) is 0 Å². The highest BCUT2D eigenvalue weighted by atomic mass is 35.5. The summed E-state index contributed by atoms with van der Waals surface area (Å²) in [7, 11) is 0. The number of benzene rings is 2. The molecule has 0 aliphatic carbocycles. The Morgan fingerprint density at radius 1 is 1.05 bits per heavy atom. The van der Waals surface area contributed by atoms with Crippen LogP contribution in [0.4, 0.5) is 11.4 Å². The molecule has 5 heteroatoms. The van der Waals surface area contributed by atoms with Crippen LogP contribution < -0.4 is 10.6 Å². The predicted molar refractivity (Wildman–Crippen MR) is 94.3 cm³/mol. The molecule has 2 aromatic carbocycles. The summed E-state index contributed by atoms with van der Waals surface area (Å²) < 4.78 is 0. The van der Waals surface area contributed by atoms with Crippen LogP contribution in [0.1, 0.15) is 5.56 Å². The number of nitrogens with one attached hydrogen (secondary N) is 2. The van der Waals surface area contributed by atoms with Crippen LogP contribution in [-0.4, -0.2) is 11.4 Å². The van der Waals surface area contributed by atoms with E-state index >= 15 is 0 Å². The van der Waals surface area contributed by atoms with Crippen LogP contribution in [0.3, 0.4) is 0 Å². The summed E-state index contributed by atoms with van der Waals surface area (Å²) in [6, 6.07) is 13.8. The lowest BCUT2D eigenvalue weighted by Gasteiger charge is -2.14. The molecule has 20 heavy (non-hydrogen) atoms. The van der Waals surface area contributed by atoms with Gasteiger partial charge in [0.15, 0.2) is 5.11 Å². The Hall–Kier alpha value is -1.23. The number of halogens is 1. The van der Waals surface area contributed by atoms with E-state index < -0.39 is 0 Å². The van der Waals surface area contributed by atoms with E-state index in [1.165, 1.54) is 0 Å². The molecule has 2 N–H and O–H groups in total. The number of anilines is 2. The highest BCUT2D eigenvalue weighted by Crippen LogP contribution is 2.26. The second kappa shape index (κ2) is 6.97. The molecular formula is C15H15ClN2S2. The zero-order valence-electron chi connectivity index (χ0n) is 11.2. The fourth-order valence-electron chi connectivity index (χ4n) is 1.77. The molecule has 0 saturated carbocycles. The van der Waals surface area contributed by atoms with Crippen LogP contribution in [0.5, 0.6) is 0 Å². The summed E-state index contributed by atoms with van der Waals surface area (Å²) in [5.74, 6) is 0. The zero-order chi connectivity index (χ0) is 14.5. The number of thiocarbonyl (C=S) groups is 1. The molecule has 0 spiro atoms. The summed E-state index contributed by atoms with van der Waals surface area (Å²) in [6.07, 6.45) is 2.04. The second-order valence-corrected chi connectivity index (χ2v) is 5.86. The van der Waals surface area contributed by atoms with Crippen molar-refractivity contribution in [1.82, 2.24) is 0 Å². The molecule has 0 saturated heterocycles. The molecule has 0 fully saturated rings. The molecule has 0 aliphatic rings. The Bertz CT molecular complexity index is 629. The topological polar surface area (TPSA) is 24.1 Å². The summed E-state index contributed by atoms with van der Waals surface area (Å²) in [6.45, 7) is 1.96. The Balaban J connectivity index is 2.11. The standard InChI is InChI=1S/C15H15ClN2S2/c1-10-11(16)6-5-8-12(10)17-15(19)18-13-7-3-4-9-14(13)20-2/h3-9H,1-2H3,(H2,17,18,19). The highest BCUT2D eigenvalue weighted by Gasteiger charge is 2.06. The minimum atomic E-state index is 0.553. The van der Waals surface area contributed by atoms with Gasteiger partial charge in [-0.05, 0) is 55.2 Å². The first-order chi connectivity index (χ1) is 9.61. The first-order valence-electron chi connectivity index (χ1n) is 6.08. The van der Waals surface area contributed by atoms with E-state index in [2.05, 4.69) is 16.7 Å². The maximum absolute atomic E-state index is 6.10. The summed E-state index contributed by atoms with van der Waals surface area (Å²) in [5.41, 5.74) is 2.89. The molecule has 0 radical (unpaired) electrons. The van der Waals surface area contributed by atoms with Gasteiger partial charge in [0.2, 0.25) is 0 Å². The fraction of sp³-hybridized carbons (Fsp3) is 0.133. The molecule has 0 unspecified atom stereocenters. The van der Waals surface area contributed by atoms with Crippen LogP contribution in [0.25, 0.3) is 0 Å². The van der Waals surface area contributed by atoms with Crippen molar-refractivity contribution in [2.24, 2.45) is 0 Å². The normalized spacial score (nSPS) is 10.2. The highest BCUT2D eigenvalue weighted by molar-refractivity contribution is 7.98. The van der Waals surface area contributed by atoms with Crippen LogP contribution >= 0.6 is 35.6 Å². The molecule has 104 valence electrons. The molecule has 0 heterocycles. The third kappa shape index (κ3) is 3.66. The maximum atomic E-state index is 6.10. The minimum absolute atomic E-state index is 0.553. The van der Waals surface area contributed by atoms with Gasteiger partial charge in [-0.25, -0.2) is 0 Å². The van der Waals surface area contributed by atoms with Crippen LogP contribution in [0, 0.1) is 6.92 Å². The minimum Gasteiger partial charge on any atom is -0.332 e. The third-order valence-electron chi connectivity index (χ3n) is 2.87. The number of thioether (sulfide) groups is 1. The Kier molecular flexibility index (Phi) is 5.29. The van der Waals surface area contributed by atoms with Gasteiger partial charge >= 0.3 is 0 Å². The van der Waals surface area contributed by atoms with Gasteiger partial charge < -0.3 is 10.6 Å². The zero-order valence-corrected chi connectivity index (χ0v) is 13.6. The summed E-state index contributed by atoms with van der Waals surface area (Å²) in [5, 5.41) is 7.67. The molecule has 0 aliphatic heterocycles. The van der Waals surface area contributed by atoms with Crippen molar-refractivity contribution in [3.8, 4) is 0 Å². The maximum Gasteiger partial charge on any atom is 0.175 e. The smallest absolute Gasteiger partial charge is 0.175 e. The van der Waals surface area contributed by atoms with Crippen molar-refractivity contribution >= 4 is 52.1 Å². The Labute approximate surface area is 133 Å². The van der Waals surface area contributed by atoms with Gasteiger partial charge in [0.05, 0.1) is 5.69 Å². The molecule has 0 aromatic heterocycles. The average Bonchev–Trinajstić information content (AvgIpc) is 2.44. The van der Waals surface area contributed by atoms with Gasteiger partial charge in [-0.3, -0.25) is 0 Å². The molecule has 2 rings (SSSR count). The molecule has 0 atom stereocenters. The number of hydrogen-bond acceptors (Lipinski definition) is 2. The van der Waals surface area contributed by atoms with Crippen molar-refractivity contribution < 1.29 is 0 Å². The largest absolute Gasteiger partial charge is 0.332 e. The summed E-state index contributed by atoms with van der Waals surface area (Å²) >= 11 is 13.1. The first-order valence-corrected chi connectivity index (χ1v) is 8.09. The average molecular weight is 323 g/mol. The molecular weight excluding hydrogens is 308 g/mol. The van der Waals surface area contributed by atoms with E-state index in [0.29, 0.717) is 5.11 Å². The second-order valence-electron chi connectivity index (χ2n) is 4.19. The number of para-hydroxylation sites is 1. The van der Waals surface area contributed by atoms with Gasteiger partial charge in [0.1, 0.15) is 0 Å². The van der Waals surface area contributed by atoms with Crippen molar-refractivity contribution in [3.05, 3.63) is 53.1 Å². The van der Waals surface area contributed by atoms with Gasteiger partial charge in [-0.1, -0.05) is 29.8 Å². The fourth-order valence-corrected chi connectivity index (χ4v) is 2.71. The lowest BCUT2D eigenvalue weighted by atomic mass is 10.2. The van der Waals surface area contributed by atoms with Crippen LogP contribution in [0.15, 0.2) is 47.4 Å². The van der Waals surface area contributed by atoms with E-state index in [4.69, 9.17) is 23.8 Å². The van der Waals surface area contributed by atoms with Gasteiger partial charge in [-0.2, -0.15) is 0 Å². The first kappa shape index (κ1) is 15.2. The quantitative estimate of drug-likeness (QED) is 0.600. The van der Waals surface area contributed by atoms with Gasteiger partial charge in [0.25, 0.3) is 0 Å². The Morgan fingerprint density at radius 2 is 1.70 bits per heavy atom. The lowest BCUT2D eigenvalue weighted by molar-refractivity contribution is 1.43. The van der Waals surface area contributed by atoms with Gasteiger partial charge in [0, 0.05) is 15.6 Å². The lowest BCUT2D eigenvalue weighted by Crippen LogP contribution is -2.20. The van der Waals surface area contributed by atoms with Crippen molar-refractivity contribution in [3.63, 3.8) is 0 Å². The van der Waals surface area contributed by atoms with Crippen LogP contribution in [-0.2, 0) is 0 Å². The predicted octanol–water partition coefficient (Wildman–Crippen LogP) is 5.18. The van der Waals surface area contributed by atoms with E-state index in [9.17, 15) is 0 Å². The Morgan fingerprint density at radius 3 is 2.45 bits per heavy atom. The monoisotopic (exact) mass is 322 g/mol. The molecule has 2 nitrogen and oxygen atoms in total. The number of rotatable bonds is 3. The van der Waals surface area contributed by atoms with Crippen molar-refractivity contribution in [2.45, 2.75) is 11.8 Å². The SMILES string of the molecule is CSc1ccccc1NC(=S)Nc1cccc(Cl)c1C. The van der Waals surface area contributed by atoms with E-state index in [-0.39, 0.29) is 0 Å².